The van der Waals surface area contributed by atoms with Crippen LogP contribution in [0.5, 0.6) is 0 Å². The van der Waals surface area contributed by atoms with E-state index in [1.54, 1.807) is 0 Å². The first-order valence-electron chi connectivity index (χ1n) is 8.07. The molecule has 0 aromatic heterocycles. The number of rotatable bonds is 2. The summed E-state index contributed by atoms with van der Waals surface area (Å²) < 4.78 is 5.60. The van der Waals surface area contributed by atoms with E-state index in [0.29, 0.717) is 0 Å². The standard InChI is InChI=1S/C17H25N3O2/c1-14-3-5-15(6-4-14)19-9-11-20(12-10-19)17(21)22-16-7-8-18(2)13-16/h3-6,16H,7-13H2,1-2H3. The molecule has 2 saturated heterocycles. The molecule has 1 atom stereocenters. The second-order valence-electron chi connectivity index (χ2n) is 6.37. The highest BCUT2D eigenvalue weighted by atomic mass is 16.6. The van der Waals surface area contributed by atoms with Gasteiger partial charge >= 0.3 is 6.09 Å². The Morgan fingerprint density at radius 3 is 2.36 bits per heavy atom. The van der Waals surface area contributed by atoms with Crippen molar-refractivity contribution < 1.29 is 9.53 Å². The maximum Gasteiger partial charge on any atom is 0.410 e. The van der Waals surface area contributed by atoms with E-state index in [1.165, 1.54) is 11.3 Å². The monoisotopic (exact) mass is 303 g/mol. The molecule has 0 N–H and O–H groups in total. The van der Waals surface area contributed by atoms with Gasteiger partial charge < -0.3 is 19.4 Å². The molecule has 0 spiro atoms. The number of carbonyl (C=O) groups is 1. The van der Waals surface area contributed by atoms with Crippen LogP contribution in [0.25, 0.3) is 0 Å². The van der Waals surface area contributed by atoms with Crippen LogP contribution < -0.4 is 4.90 Å². The van der Waals surface area contributed by atoms with Crippen molar-refractivity contribution in [3.05, 3.63) is 29.8 Å². The van der Waals surface area contributed by atoms with Crippen LogP contribution in [0.2, 0.25) is 0 Å². The Kier molecular flexibility index (Phi) is 4.52. The Balaban J connectivity index is 1.48. The predicted octanol–water partition coefficient (Wildman–Crippen LogP) is 1.96. The number of nitrogens with zero attached hydrogens (tertiary/aromatic N) is 3. The van der Waals surface area contributed by atoms with Crippen molar-refractivity contribution in [2.24, 2.45) is 0 Å². The molecule has 1 amide bonds. The lowest BCUT2D eigenvalue weighted by Crippen LogP contribution is -2.49. The van der Waals surface area contributed by atoms with E-state index in [2.05, 4.69) is 48.0 Å². The van der Waals surface area contributed by atoms with Gasteiger partial charge in [-0.3, -0.25) is 0 Å². The molecule has 3 rings (SSSR count). The van der Waals surface area contributed by atoms with E-state index >= 15 is 0 Å². The van der Waals surface area contributed by atoms with Crippen molar-refractivity contribution >= 4 is 11.8 Å². The number of anilines is 1. The molecule has 2 heterocycles. The van der Waals surface area contributed by atoms with Gasteiger partial charge in [-0.05, 0) is 32.5 Å². The number of amides is 1. The van der Waals surface area contributed by atoms with Gasteiger partial charge in [-0.15, -0.1) is 0 Å². The Bertz CT molecular complexity index is 509. The summed E-state index contributed by atoms with van der Waals surface area (Å²) in [5.74, 6) is 0. The van der Waals surface area contributed by atoms with Gasteiger partial charge in [0.15, 0.2) is 0 Å². The number of hydrogen-bond donors (Lipinski definition) is 0. The molecule has 0 saturated carbocycles. The molecule has 1 aromatic carbocycles. The third-order valence-electron chi connectivity index (χ3n) is 4.55. The van der Waals surface area contributed by atoms with Gasteiger partial charge in [0.25, 0.3) is 0 Å². The summed E-state index contributed by atoms with van der Waals surface area (Å²) >= 11 is 0. The molecule has 0 bridgehead atoms. The van der Waals surface area contributed by atoms with E-state index in [-0.39, 0.29) is 12.2 Å². The first kappa shape index (κ1) is 15.2. The summed E-state index contributed by atoms with van der Waals surface area (Å²) in [6, 6.07) is 8.56. The zero-order valence-corrected chi connectivity index (χ0v) is 13.5. The largest absolute Gasteiger partial charge is 0.445 e. The molecule has 2 aliphatic rings. The summed E-state index contributed by atoms with van der Waals surface area (Å²) in [7, 11) is 2.06. The first-order valence-corrected chi connectivity index (χ1v) is 8.07. The second kappa shape index (κ2) is 6.57. The molecule has 0 aliphatic carbocycles. The fourth-order valence-corrected chi connectivity index (χ4v) is 3.11. The third-order valence-corrected chi connectivity index (χ3v) is 4.55. The molecule has 2 aliphatic heterocycles. The number of benzene rings is 1. The van der Waals surface area contributed by atoms with E-state index in [0.717, 1.165) is 45.7 Å². The first-order chi connectivity index (χ1) is 10.6. The Morgan fingerprint density at radius 2 is 1.77 bits per heavy atom. The summed E-state index contributed by atoms with van der Waals surface area (Å²) in [4.78, 5) is 18.6. The fraction of sp³-hybridized carbons (Fsp3) is 0.588. The second-order valence-corrected chi connectivity index (χ2v) is 6.37. The topological polar surface area (TPSA) is 36.0 Å². The number of hydrogen-bond acceptors (Lipinski definition) is 4. The Labute approximate surface area is 132 Å². The lowest BCUT2D eigenvalue weighted by molar-refractivity contribution is 0.0653. The summed E-state index contributed by atoms with van der Waals surface area (Å²) in [6.07, 6.45) is 0.863. The molecular formula is C17H25N3O2. The molecule has 1 aromatic rings. The summed E-state index contributed by atoms with van der Waals surface area (Å²) in [5.41, 5.74) is 2.50. The minimum atomic E-state index is -0.149. The van der Waals surface area contributed by atoms with Crippen LogP contribution in [0.1, 0.15) is 12.0 Å². The number of aryl methyl sites for hydroxylation is 1. The van der Waals surface area contributed by atoms with Gasteiger partial charge in [0.2, 0.25) is 0 Å². The number of ether oxygens (including phenoxy) is 1. The van der Waals surface area contributed by atoms with E-state index in [4.69, 9.17) is 4.74 Å². The van der Waals surface area contributed by atoms with E-state index < -0.39 is 0 Å². The lowest BCUT2D eigenvalue weighted by atomic mass is 10.2. The Morgan fingerprint density at radius 1 is 1.09 bits per heavy atom. The van der Waals surface area contributed by atoms with Crippen LogP contribution in [0.4, 0.5) is 10.5 Å². The zero-order valence-electron chi connectivity index (χ0n) is 13.5. The maximum absolute atomic E-state index is 12.2. The van der Waals surface area contributed by atoms with Gasteiger partial charge in [-0.1, -0.05) is 17.7 Å². The highest BCUT2D eigenvalue weighted by Gasteiger charge is 2.27. The van der Waals surface area contributed by atoms with E-state index in [9.17, 15) is 4.79 Å². The molecule has 0 radical (unpaired) electrons. The predicted molar refractivity (Wildman–Crippen MR) is 87.3 cm³/mol. The van der Waals surface area contributed by atoms with Crippen molar-refractivity contribution in [2.45, 2.75) is 19.4 Å². The highest BCUT2D eigenvalue weighted by molar-refractivity contribution is 5.68. The van der Waals surface area contributed by atoms with Crippen LogP contribution in [-0.4, -0.2) is 68.3 Å². The molecule has 2 fully saturated rings. The van der Waals surface area contributed by atoms with Crippen molar-refractivity contribution in [1.82, 2.24) is 9.80 Å². The molecule has 120 valence electrons. The van der Waals surface area contributed by atoms with Crippen molar-refractivity contribution in [3.63, 3.8) is 0 Å². The van der Waals surface area contributed by atoms with Gasteiger partial charge in [0.05, 0.1) is 0 Å². The Hall–Kier alpha value is -1.75. The van der Waals surface area contributed by atoms with Crippen LogP contribution in [0.15, 0.2) is 24.3 Å². The molecule has 22 heavy (non-hydrogen) atoms. The normalized spacial score (nSPS) is 22.9. The highest BCUT2D eigenvalue weighted by Crippen LogP contribution is 2.18. The summed E-state index contributed by atoms with van der Waals surface area (Å²) in [6.45, 7) is 7.16. The molecular weight excluding hydrogens is 278 g/mol. The number of piperazine rings is 1. The number of likely N-dealkylation sites (tertiary alicyclic amines) is 1. The van der Waals surface area contributed by atoms with Crippen molar-refractivity contribution in [2.75, 3.05) is 51.2 Å². The quantitative estimate of drug-likeness (QED) is 0.837. The molecule has 5 nitrogen and oxygen atoms in total. The van der Waals surface area contributed by atoms with Crippen LogP contribution >= 0.6 is 0 Å². The van der Waals surface area contributed by atoms with Crippen LogP contribution in [0.3, 0.4) is 0 Å². The minimum absolute atomic E-state index is 0.0626. The van der Waals surface area contributed by atoms with Crippen LogP contribution in [0, 0.1) is 6.92 Å². The number of likely N-dealkylation sites (N-methyl/N-ethyl adjacent to an activating group) is 1. The van der Waals surface area contributed by atoms with E-state index in [1.807, 2.05) is 4.90 Å². The lowest BCUT2D eigenvalue weighted by Gasteiger charge is -2.36. The van der Waals surface area contributed by atoms with Gasteiger partial charge in [-0.2, -0.15) is 0 Å². The van der Waals surface area contributed by atoms with Crippen LogP contribution in [-0.2, 0) is 4.74 Å². The van der Waals surface area contributed by atoms with Crippen molar-refractivity contribution in [3.8, 4) is 0 Å². The summed E-state index contributed by atoms with van der Waals surface area (Å²) in [5, 5.41) is 0. The van der Waals surface area contributed by atoms with Gasteiger partial charge in [0.1, 0.15) is 6.10 Å². The fourth-order valence-electron chi connectivity index (χ4n) is 3.11. The average molecular weight is 303 g/mol. The maximum atomic E-state index is 12.2. The third kappa shape index (κ3) is 3.53. The zero-order chi connectivity index (χ0) is 15.5. The number of carbonyl (C=O) groups excluding carboxylic acids is 1. The van der Waals surface area contributed by atoms with Gasteiger partial charge in [-0.25, -0.2) is 4.79 Å². The SMILES string of the molecule is Cc1ccc(N2CCN(C(=O)OC3CCN(C)C3)CC2)cc1. The smallest absolute Gasteiger partial charge is 0.410 e. The minimum Gasteiger partial charge on any atom is -0.445 e. The van der Waals surface area contributed by atoms with Crippen molar-refractivity contribution in [1.29, 1.82) is 0 Å². The average Bonchev–Trinajstić information content (AvgIpc) is 2.93. The molecule has 5 heteroatoms. The molecule has 1 unspecified atom stereocenters. The van der Waals surface area contributed by atoms with Gasteiger partial charge in [0, 0.05) is 45.0 Å².